The number of sulfonamides is 1. The molecule has 0 N–H and O–H groups in total. The van der Waals surface area contributed by atoms with Gasteiger partial charge in [-0.15, -0.1) is 6.58 Å². The summed E-state index contributed by atoms with van der Waals surface area (Å²) >= 11 is 5.95. The third kappa shape index (κ3) is 3.83. The lowest BCUT2D eigenvalue weighted by Crippen LogP contribution is -2.32. The first-order chi connectivity index (χ1) is 11.7. The molecule has 2 rings (SSSR count). The van der Waals surface area contributed by atoms with Crippen LogP contribution in [0.4, 0.5) is 11.4 Å². The Morgan fingerprint density at radius 1 is 1.20 bits per heavy atom. The van der Waals surface area contributed by atoms with Crippen molar-refractivity contribution < 1.29 is 13.3 Å². The van der Waals surface area contributed by atoms with Crippen LogP contribution in [0, 0.1) is 24.0 Å². The Hall–Kier alpha value is -2.38. The summed E-state index contributed by atoms with van der Waals surface area (Å²) < 4.78 is 27.5. The first-order valence-corrected chi connectivity index (χ1v) is 9.15. The maximum atomic E-state index is 13.2. The minimum absolute atomic E-state index is 0.0208. The van der Waals surface area contributed by atoms with E-state index in [9.17, 15) is 18.5 Å². The van der Waals surface area contributed by atoms with Gasteiger partial charge in [-0.05, 0) is 43.2 Å². The fourth-order valence-corrected chi connectivity index (χ4v) is 4.42. The Morgan fingerprint density at radius 2 is 1.88 bits per heavy atom. The molecular formula is C17H17ClN2O4S. The van der Waals surface area contributed by atoms with E-state index >= 15 is 0 Å². The largest absolute Gasteiger partial charge is 0.270 e. The van der Waals surface area contributed by atoms with Gasteiger partial charge in [0.2, 0.25) is 0 Å². The topological polar surface area (TPSA) is 80.5 Å². The fraction of sp³-hybridized carbons (Fsp3) is 0.176. The summed E-state index contributed by atoms with van der Waals surface area (Å²) in [6.07, 6.45) is 1.46. The predicted octanol–water partition coefficient (Wildman–Crippen LogP) is 4.25. The van der Waals surface area contributed by atoms with Crippen LogP contribution in [-0.2, 0) is 10.0 Å². The van der Waals surface area contributed by atoms with Crippen molar-refractivity contribution in [1.29, 1.82) is 0 Å². The summed E-state index contributed by atoms with van der Waals surface area (Å²) in [5.41, 5.74) is 1.25. The molecular weight excluding hydrogens is 364 g/mol. The van der Waals surface area contributed by atoms with E-state index in [1.807, 2.05) is 0 Å². The van der Waals surface area contributed by atoms with Crippen molar-refractivity contribution in [3.8, 4) is 0 Å². The maximum absolute atomic E-state index is 13.2. The summed E-state index contributed by atoms with van der Waals surface area (Å²) in [6, 6.07) is 8.63. The standard InChI is InChI=1S/C17H17ClN2O4S/c1-4-9-19(16-8-6-14(18)10-13(16)3)25(23,24)17-11-15(20(21)22)7-5-12(17)2/h4-8,10-11H,1,9H2,2-3H3. The van der Waals surface area contributed by atoms with Gasteiger partial charge in [0, 0.05) is 17.2 Å². The van der Waals surface area contributed by atoms with Gasteiger partial charge in [0.05, 0.1) is 22.1 Å². The normalized spacial score (nSPS) is 11.2. The predicted molar refractivity (Wildman–Crippen MR) is 98.8 cm³/mol. The van der Waals surface area contributed by atoms with Crippen molar-refractivity contribution in [2.24, 2.45) is 0 Å². The molecule has 0 spiro atoms. The number of aryl methyl sites for hydroxylation is 2. The van der Waals surface area contributed by atoms with Gasteiger partial charge in [0.15, 0.2) is 0 Å². The van der Waals surface area contributed by atoms with Gasteiger partial charge in [-0.2, -0.15) is 0 Å². The van der Waals surface area contributed by atoms with Gasteiger partial charge in [0.25, 0.3) is 15.7 Å². The second kappa shape index (κ2) is 7.25. The van der Waals surface area contributed by atoms with Crippen LogP contribution in [-0.4, -0.2) is 19.9 Å². The van der Waals surface area contributed by atoms with Crippen LogP contribution < -0.4 is 4.31 Å². The fourth-order valence-electron chi connectivity index (χ4n) is 2.44. The summed E-state index contributed by atoms with van der Waals surface area (Å²) in [5.74, 6) is 0. The molecule has 0 aliphatic heterocycles. The monoisotopic (exact) mass is 380 g/mol. The highest BCUT2D eigenvalue weighted by molar-refractivity contribution is 7.92. The lowest BCUT2D eigenvalue weighted by molar-refractivity contribution is -0.385. The minimum Gasteiger partial charge on any atom is -0.262 e. The molecule has 0 radical (unpaired) electrons. The summed E-state index contributed by atoms with van der Waals surface area (Å²) in [5, 5.41) is 11.5. The van der Waals surface area contributed by atoms with Crippen LogP contribution in [0.15, 0.2) is 53.9 Å². The Kier molecular flexibility index (Phi) is 5.49. The van der Waals surface area contributed by atoms with E-state index in [1.54, 1.807) is 32.0 Å². The first-order valence-electron chi connectivity index (χ1n) is 7.33. The molecule has 0 bridgehead atoms. The zero-order chi connectivity index (χ0) is 18.8. The van der Waals surface area contributed by atoms with Crippen molar-refractivity contribution in [1.82, 2.24) is 0 Å². The molecule has 0 heterocycles. The van der Waals surface area contributed by atoms with Crippen LogP contribution in [0.5, 0.6) is 0 Å². The molecule has 0 saturated carbocycles. The van der Waals surface area contributed by atoms with E-state index in [1.165, 1.54) is 18.2 Å². The Morgan fingerprint density at radius 3 is 2.44 bits per heavy atom. The number of hydrogen-bond acceptors (Lipinski definition) is 4. The number of nitrogens with zero attached hydrogens (tertiary/aromatic N) is 2. The quantitative estimate of drug-likeness (QED) is 0.426. The summed E-state index contributed by atoms with van der Waals surface area (Å²) in [7, 11) is -4.02. The Bertz CT molecular complexity index is 942. The zero-order valence-corrected chi connectivity index (χ0v) is 15.3. The number of anilines is 1. The van der Waals surface area contributed by atoms with E-state index < -0.39 is 14.9 Å². The smallest absolute Gasteiger partial charge is 0.262 e. The van der Waals surface area contributed by atoms with E-state index in [0.717, 1.165) is 10.4 Å². The van der Waals surface area contributed by atoms with Crippen molar-refractivity contribution in [2.75, 3.05) is 10.8 Å². The number of nitro benzene ring substituents is 1. The maximum Gasteiger partial charge on any atom is 0.270 e. The average Bonchev–Trinajstić information content (AvgIpc) is 2.53. The summed E-state index contributed by atoms with van der Waals surface area (Å²) in [4.78, 5) is 10.3. The first kappa shape index (κ1) is 19.0. The SMILES string of the molecule is C=CCN(c1ccc(Cl)cc1C)S(=O)(=O)c1cc([N+](=O)[O-])ccc1C. The lowest BCUT2D eigenvalue weighted by atomic mass is 10.2. The third-order valence-corrected chi connectivity index (χ3v) is 5.83. The number of halogens is 1. The molecule has 0 aliphatic carbocycles. The van der Waals surface area contributed by atoms with Crippen molar-refractivity contribution in [2.45, 2.75) is 18.7 Å². The average molecular weight is 381 g/mol. The molecule has 2 aromatic carbocycles. The highest BCUT2D eigenvalue weighted by Crippen LogP contribution is 2.31. The van der Waals surface area contributed by atoms with E-state index in [4.69, 9.17) is 11.6 Å². The molecule has 6 nitrogen and oxygen atoms in total. The van der Waals surface area contributed by atoms with Crippen LogP contribution >= 0.6 is 11.6 Å². The van der Waals surface area contributed by atoms with Crippen molar-refractivity contribution >= 4 is 33.0 Å². The highest BCUT2D eigenvalue weighted by atomic mass is 35.5. The highest BCUT2D eigenvalue weighted by Gasteiger charge is 2.28. The third-order valence-electron chi connectivity index (χ3n) is 3.67. The molecule has 0 aliphatic rings. The molecule has 0 fully saturated rings. The van der Waals surface area contributed by atoms with Crippen LogP contribution in [0.25, 0.3) is 0 Å². The van der Waals surface area contributed by atoms with Gasteiger partial charge >= 0.3 is 0 Å². The van der Waals surface area contributed by atoms with Crippen LogP contribution in [0.3, 0.4) is 0 Å². The number of hydrogen-bond donors (Lipinski definition) is 0. The Balaban J connectivity index is 2.67. The molecule has 0 unspecified atom stereocenters. The lowest BCUT2D eigenvalue weighted by Gasteiger charge is -2.25. The molecule has 2 aromatic rings. The van der Waals surface area contributed by atoms with E-state index in [0.29, 0.717) is 21.8 Å². The van der Waals surface area contributed by atoms with E-state index in [-0.39, 0.29) is 17.1 Å². The number of benzene rings is 2. The Labute approximate surface area is 151 Å². The zero-order valence-electron chi connectivity index (χ0n) is 13.8. The van der Waals surface area contributed by atoms with Gasteiger partial charge in [0.1, 0.15) is 0 Å². The summed E-state index contributed by atoms with van der Waals surface area (Å²) in [6.45, 7) is 6.97. The van der Waals surface area contributed by atoms with Gasteiger partial charge in [-0.1, -0.05) is 23.7 Å². The van der Waals surface area contributed by atoms with Gasteiger partial charge < -0.3 is 0 Å². The molecule has 0 amide bonds. The minimum atomic E-state index is -4.02. The molecule has 8 heteroatoms. The van der Waals surface area contributed by atoms with Crippen molar-refractivity contribution in [3.63, 3.8) is 0 Å². The van der Waals surface area contributed by atoms with Gasteiger partial charge in [-0.3, -0.25) is 14.4 Å². The number of rotatable bonds is 6. The number of non-ortho nitro benzene ring substituents is 1. The van der Waals surface area contributed by atoms with Crippen LogP contribution in [0.1, 0.15) is 11.1 Å². The van der Waals surface area contributed by atoms with Crippen LogP contribution in [0.2, 0.25) is 5.02 Å². The molecule has 0 atom stereocenters. The molecule has 0 aromatic heterocycles. The second-order valence-electron chi connectivity index (χ2n) is 5.46. The number of nitro groups is 1. The van der Waals surface area contributed by atoms with E-state index in [2.05, 4.69) is 6.58 Å². The van der Waals surface area contributed by atoms with Gasteiger partial charge in [-0.25, -0.2) is 8.42 Å². The van der Waals surface area contributed by atoms with Crippen molar-refractivity contribution in [3.05, 3.63) is 75.3 Å². The molecule has 0 saturated heterocycles. The molecule has 132 valence electrons. The second-order valence-corrected chi connectivity index (χ2v) is 7.73. The molecule has 25 heavy (non-hydrogen) atoms.